The Kier molecular flexibility index (Phi) is 5.30. The molecule has 10 heavy (non-hydrogen) atoms. The van der Waals surface area contributed by atoms with Crippen LogP contribution in [0.3, 0.4) is 0 Å². The van der Waals surface area contributed by atoms with Gasteiger partial charge < -0.3 is 0 Å². The number of rotatable bonds is 3. The molecule has 0 aliphatic heterocycles. The monoisotopic (exact) mass is 246 g/mol. The molecule has 0 atom stereocenters. The first kappa shape index (κ1) is 9.69. The highest BCUT2D eigenvalue weighted by atomic mass is 127. The summed E-state index contributed by atoms with van der Waals surface area (Å²) in [5.74, 6) is 0. The van der Waals surface area contributed by atoms with E-state index in [1.54, 1.807) is 6.08 Å². The summed E-state index contributed by atoms with van der Waals surface area (Å²) in [6, 6.07) is 0. The summed E-state index contributed by atoms with van der Waals surface area (Å²) in [7, 11) is 0. The van der Waals surface area contributed by atoms with Gasteiger partial charge in [-0.15, -0.1) is 0 Å². The van der Waals surface area contributed by atoms with Crippen LogP contribution >= 0.6 is 22.6 Å². The van der Waals surface area contributed by atoms with Crippen LogP contribution in [0.15, 0.2) is 46.6 Å². The van der Waals surface area contributed by atoms with Gasteiger partial charge in [0.25, 0.3) is 0 Å². The van der Waals surface area contributed by atoms with Crippen molar-refractivity contribution in [1.82, 2.24) is 0 Å². The van der Waals surface area contributed by atoms with Crippen molar-refractivity contribution in [2.45, 2.75) is 6.92 Å². The second kappa shape index (κ2) is 5.47. The first-order chi connectivity index (χ1) is 4.70. The molecule has 0 unspecified atom stereocenters. The fourth-order valence-electron chi connectivity index (χ4n) is 0.541. The van der Waals surface area contributed by atoms with Gasteiger partial charge in [0.2, 0.25) is 0 Å². The van der Waals surface area contributed by atoms with E-state index in [0.29, 0.717) is 0 Å². The van der Waals surface area contributed by atoms with Crippen LogP contribution in [0.25, 0.3) is 0 Å². The second-order valence-corrected chi connectivity index (χ2v) is 3.54. The van der Waals surface area contributed by atoms with Crippen molar-refractivity contribution in [2.24, 2.45) is 0 Å². The minimum Gasteiger partial charge on any atom is -0.0990 e. The van der Waals surface area contributed by atoms with Crippen molar-refractivity contribution >= 4 is 22.6 Å². The van der Waals surface area contributed by atoms with Gasteiger partial charge in [-0.25, -0.2) is 0 Å². The van der Waals surface area contributed by atoms with E-state index in [2.05, 4.69) is 41.8 Å². The van der Waals surface area contributed by atoms with E-state index in [0.717, 1.165) is 5.57 Å². The molecule has 0 nitrogen and oxygen atoms in total. The number of hydrogen-bond acceptors (Lipinski definition) is 0. The minimum atomic E-state index is 1.10. The third-order valence-corrected chi connectivity index (χ3v) is 1.22. The summed E-state index contributed by atoms with van der Waals surface area (Å²) in [5.41, 5.74) is 1.10. The number of hydrogen-bond donors (Lipinski definition) is 0. The van der Waals surface area contributed by atoms with E-state index in [9.17, 15) is 0 Å². The maximum absolute atomic E-state index is 3.67. The first-order valence-corrected chi connectivity index (χ1v) is 4.07. The molecule has 0 amide bonds. The van der Waals surface area contributed by atoms with Crippen molar-refractivity contribution < 1.29 is 0 Å². The molecule has 54 valence electrons. The molecule has 0 heterocycles. The molecule has 0 saturated heterocycles. The molecule has 0 N–H and O–H groups in total. The fourth-order valence-corrected chi connectivity index (χ4v) is 0.900. The van der Waals surface area contributed by atoms with Gasteiger partial charge in [0.1, 0.15) is 0 Å². The summed E-state index contributed by atoms with van der Waals surface area (Å²) in [6.07, 6.45) is 7.54. The molecular weight excluding hydrogens is 235 g/mol. The Morgan fingerprint density at radius 1 is 1.40 bits per heavy atom. The lowest BCUT2D eigenvalue weighted by Crippen LogP contribution is -1.68. The van der Waals surface area contributed by atoms with Crippen LogP contribution in [-0.2, 0) is 0 Å². The lowest BCUT2D eigenvalue weighted by molar-refractivity contribution is 1.63. The zero-order chi connectivity index (χ0) is 7.98. The first-order valence-electron chi connectivity index (χ1n) is 2.99. The molecule has 0 radical (unpaired) electrons. The lowest BCUT2D eigenvalue weighted by atomic mass is 10.2. The fraction of sp³-hybridized carbons (Fsp3) is 0.111. The Balaban J connectivity index is 4.37. The molecule has 0 aromatic heterocycles. The summed E-state index contributed by atoms with van der Waals surface area (Å²) < 4.78 is 1.24. The molecule has 0 bridgehead atoms. The Morgan fingerprint density at radius 2 is 2.00 bits per heavy atom. The largest absolute Gasteiger partial charge is 0.0990 e. The van der Waals surface area contributed by atoms with Gasteiger partial charge in [0.15, 0.2) is 0 Å². The van der Waals surface area contributed by atoms with Crippen molar-refractivity contribution in [1.29, 1.82) is 0 Å². The van der Waals surface area contributed by atoms with Crippen LogP contribution in [-0.4, -0.2) is 0 Å². The zero-order valence-corrected chi connectivity index (χ0v) is 8.26. The van der Waals surface area contributed by atoms with Crippen molar-refractivity contribution in [3.05, 3.63) is 46.6 Å². The van der Waals surface area contributed by atoms with Crippen LogP contribution in [0.2, 0.25) is 0 Å². The molecule has 0 spiro atoms. The van der Waals surface area contributed by atoms with E-state index in [1.807, 2.05) is 19.1 Å². The van der Waals surface area contributed by atoms with Crippen LogP contribution in [0.1, 0.15) is 6.92 Å². The summed E-state index contributed by atoms with van der Waals surface area (Å²) in [5, 5.41) is 0. The highest BCUT2D eigenvalue weighted by Crippen LogP contribution is 2.09. The molecule has 0 aliphatic rings. The molecule has 0 saturated carbocycles. The quantitative estimate of drug-likeness (QED) is 0.527. The summed E-state index contributed by atoms with van der Waals surface area (Å²) >= 11 is 2.26. The maximum Gasteiger partial charge on any atom is -0.0119 e. The maximum atomic E-state index is 3.67. The Morgan fingerprint density at radius 3 is 2.30 bits per heavy atom. The van der Waals surface area contributed by atoms with Crippen LogP contribution < -0.4 is 0 Å². The molecule has 0 fully saturated rings. The lowest BCUT2D eigenvalue weighted by Gasteiger charge is -1.90. The second-order valence-electron chi connectivity index (χ2n) is 1.84. The van der Waals surface area contributed by atoms with Gasteiger partial charge in [0, 0.05) is 0 Å². The van der Waals surface area contributed by atoms with Gasteiger partial charge in [0.05, 0.1) is 0 Å². The molecule has 0 aliphatic carbocycles. The molecule has 0 aromatic carbocycles. The third-order valence-electron chi connectivity index (χ3n) is 0.912. The van der Waals surface area contributed by atoms with Crippen LogP contribution in [0.4, 0.5) is 0 Å². The SMILES string of the molecule is C=C/C=C(C=C)\C=C(/C)I. The van der Waals surface area contributed by atoms with Crippen LogP contribution in [0, 0.1) is 0 Å². The van der Waals surface area contributed by atoms with Gasteiger partial charge in [-0.05, 0) is 44.7 Å². The minimum absolute atomic E-state index is 1.10. The molecular formula is C9H11I. The highest BCUT2D eigenvalue weighted by molar-refractivity contribution is 14.1. The van der Waals surface area contributed by atoms with E-state index in [4.69, 9.17) is 0 Å². The predicted molar refractivity (Wildman–Crippen MR) is 56.3 cm³/mol. The number of allylic oxidation sites excluding steroid dienone is 6. The molecule has 0 rings (SSSR count). The smallest absolute Gasteiger partial charge is 0.0119 e. The van der Waals surface area contributed by atoms with Gasteiger partial charge in [-0.1, -0.05) is 31.4 Å². The Labute approximate surface area is 76.2 Å². The predicted octanol–water partition coefficient (Wildman–Crippen LogP) is 3.62. The van der Waals surface area contributed by atoms with Gasteiger partial charge in [-0.2, -0.15) is 0 Å². The van der Waals surface area contributed by atoms with Crippen LogP contribution in [0.5, 0.6) is 0 Å². The highest BCUT2D eigenvalue weighted by Gasteiger charge is 1.82. The summed E-state index contributed by atoms with van der Waals surface area (Å²) in [4.78, 5) is 0. The van der Waals surface area contributed by atoms with E-state index >= 15 is 0 Å². The van der Waals surface area contributed by atoms with Crippen molar-refractivity contribution in [2.75, 3.05) is 0 Å². The third kappa shape index (κ3) is 4.56. The average molecular weight is 246 g/mol. The van der Waals surface area contributed by atoms with Gasteiger partial charge in [-0.3, -0.25) is 0 Å². The normalized spacial score (nSPS) is 13.0. The van der Waals surface area contributed by atoms with E-state index in [1.165, 1.54) is 3.58 Å². The molecule has 0 aromatic rings. The van der Waals surface area contributed by atoms with Gasteiger partial charge >= 0.3 is 0 Å². The Hall–Kier alpha value is -0.310. The standard InChI is InChI=1S/C9H11I/c1-4-6-9(5-2)7-8(3)10/h4-7H,1-2H2,3H3/b8-7+,9-6-. The average Bonchev–Trinajstić information content (AvgIpc) is 1.86. The zero-order valence-electron chi connectivity index (χ0n) is 6.10. The summed E-state index contributed by atoms with van der Waals surface area (Å²) in [6.45, 7) is 9.31. The van der Waals surface area contributed by atoms with E-state index in [-0.39, 0.29) is 0 Å². The van der Waals surface area contributed by atoms with Crippen molar-refractivity contribution in [3.8, 4) is 0 Å². The Bertz CT molecular complexity index is 181. The van der Waals surface area contributed by atoms with Crippen molar-refractivity contribution in [3.63, 3.8) is 0 Å². The molecule has 1 heteroatoms. The van der Waals surface area contributed by atoms with E-state index < -0.39 is 0 Å². The number of halogens is 1. The topological polar surface area (TPSA) is 0 Å².